The van der Waals surface area contributed by atoms with E-state index in [1.165, 1.54) is 5.56 Å². The van der Waals surface area contributed by atoms with E-state index in [0.717, 1.165) is 23.0 Å². The van der Waals surface area contributed by atoms with Crippen LogP contribution in [0, 0.1) is 5.92 Å². The molecule has 0 aliphatic rings. The summed E-state index contributed by atoms with van der Waals surface area (Å²) in [6.45, 7) is 4.52. The van der Waals surface area contributed by atoms with Crippen molar-refractivity contribution in [1.29, 1.82) is 0 Å². The first-order chi connectivity index (χ1) is 10.2. The molecule has 108 valence electrons. The summed E-state index contributed by atoms with van der Waals surface area (Å²) < 4.78 is 0. The van der Waals surface area contributed by atoms with Gasteiger partial charge >= 0.3 is 0 Å². The smallest absolute Gasteiger partial charge is 0.0671 e. The van der Waals surface area contributed by atoms with Gasteiger partial charge < -0.3 is 5.32 Å². The van der Waals surface area contributed by atoms with Gasteiger partial charge in [-0.3, -0.25) is 5.10 Å². The van der Waals surface area contributed by atoms with Crippen LogP contribution in [0.2, 0.25) is 0 Å². The quantitative estimate of drug-likeness (QED) is 0.706. The van der Waals surface area contributed by atoms with E-state index in [4.69, 9.17) is 0 Å². The summed E-state index contributed by atoms with van der Waals surface area (Å²) in [6.07, 6.45) is 2.98. The number of aromatic amines is 1. The number of aromatic nitrogens is 2. The first-order valence-corrected chi connectivity index (χ1v) is 7.47. The minimum Gasteiger partial charge on any atom is -0.378 e. The van der Waals surface area contributed by atoms with Crippen molar-refractivity contribution in [2.45, 2.75) is 26.3 Å². The van der Waals surface area contributed by atoms with Crippen LogP contribution in [0.15, 0.2) is 54.7 Å². The maximum atomic E-state index is 4.14. The molecule has 3 heteroatoms. The summed E-state index contributed by atoms with van der Waals surface area (Å²) in [5, 5.41) is 12.0. The highest BCUT2D eigenvalue weighted by Gasteiger charge is 2.14. The zero-order valence-electron chi connectivity index (χ0n) is 12.5. The molecule has 0 radical (unpaired) electrons. The summed E-state index contributed by atoms with van der Waals surface area (Å²) in [5.41, 5.74) is 3.53. The molecule has 1 heterocycles. The molecule has 2 aromatic carbocycles. The lowest BCUT2D eigenvalue weighted by atomic mass is 9.96. The molecule has 0 aliphatic heterocycles. The monoisotopic (exact) mass is 279 g/mol. The lowest BCUT2D eigenvalue weighted by Gasteiger charge is -2.22. The molecule has 0 bridgehead atoms. The number of H-pyrrole nitrogens is 1. The van der Waals surface area contributed by atoms with Gasteiger partial charge in [0.1, 0.15) is 0 Å². The molecule has 21 heavy (non-hydrogen) atoms. The van der Waals surface area contributed by atoms with Crippen LogP contribution < -0.4 is 5.32 Å². The number of rotatable bonds is 5. The van der Waals surface area contributed by atoms with Gasteiger partial charge in [-0.1, -0.05) is 50.2 Å². The van der Waals surface area contributed by atoms with Crippen LogP contribution in [0.25, 0.3) is 10.9 Å². The van der Waals surface area contributed by atoms with Gasteiger partial charge in [-0.25, -0.2) is 0 Å². The zero-order valence-corrected chi connectivity index (χ0v) is 12.5. The Morgan fingerprint density at radius 2 is 1.86 bits per heavy atom. The number of anilines is 1. The van der Waals surface area contributed by atoms with Gasteiger partial charge in [-0.2, -0.15) is 5.10 Å². The molecule has 0 spiro atoms. The van der Waals surface area contributed by atoms with Crippen molar-refractivity contribution >= 4 is 16.6 Å². The molecule has 3 nitrogen and oxygen atoms in total. The molecule has 0 amide bonds. The van der Waals surface area contributed by atoms with E-state index < -0.39 is 0 Å². The third-order valence-corrected chi connectivity index (χ3v) is 3.72. The fraction of sp³-hybridized carbons (Fsp3) is 0.278. The van der Waals surface area contributed by atoms with Crippen LogP contribution in [0.5, 0.6) is 0 Å². The molecular weight excluding hydrogens is 258 g/mol. The van der Waals surface area contributed by atoms with Crippen LogP contribution in [-0.2, 0) is 0 Å². The molecule has 0 aliphatic carbocycles. The van der Waals surface area contributed by atoms with Gasteiger partial charge in [0.25, 0.3) is 0 Å². The Balaban J connectivity index is 1.93. The fourth-order valence-corrected chi connectivity index (χ4v) is 2.72. The molecule has 0 fully saturated rings. The predicted octanol–water partition coefficient (Wildman–Crippen LogP) is 4.76. The van der Waals surface area contributed by atoms with Gasteiger partial charge in [0, 0.05) is 11.1 Å². The first kappa shape index (κ1) is 13.7. The molecule has 3 aromatic rings. The van der Waals surface area contributed by atoms with Crippen LogP contribution in [0.3, 0.4) is 0 Å². The Bertz CT molecular complexity index is 701. The topological polar surface area (TPSA) is 40.7 Å². The number of hydrogen-bond acceptors (Lipinski definition) is 2. The minimum absolute atomic E-state index is 0.312. The van der Waals surface area contributed by atoms with Crippen molar-refractivity contribution in [2.75, 3.05) is 5.32 Å². The van der Waals surface area contributed by atoms with E-state index in [2.05, 4.69) is 71.8 Å². The van der Waals surface area contributed by atoms with E-state index in [9.17, 15) is 0 Å². The van der Waals surface area contributed by atoms with E-state index in [1.807, 2.05) is 12.3 Å². The highest BCUT2D eigenvalue weighted by Crippen LogP contribution is 2.29. The third kappa shape index (κ3) is 3.07. The largest absolute Gasteiger partial charge is 0.378 e. The summed E-state index contributed by atoms with van der Waals surface area (Å²) in [4.78, 5) is 0. The molecule has 0 saturated heterocycles. The Morgan fingerprint density at radius 1 is 1.05 bits per heavy atom. The third-order valence-electron chi connectivity index (χ3n) is 3.72. The lowest BCUT2D eigenvalue weighted by Crippen LogP contribution is -2.13. The van der Waals surface area contributed by atoms with Crippen LogP contribution in [0.1, 0.15) is 31.9 Å². The zero-order chi connectivity index (χ0) is 14.7. The molecule has 0 saturated carbocycles. The molecule has 1 aromatic heterocycles. The van der Waals surface area contributed by atoms with Crippen molar-refractivity contribution in [3.8, 4) is 0 Å². The average Bonchev–Trinajstić information content (AvgIpc) is 2.96. The summed E-state index contributed by atoms with van der Waals surface area (Å²) >= 11 is 0. The number of hydrogen-bond donors (Lipinski definition) is 2. The van der Waals surface area contributed by atoms with E-state index >= 15 is 0 Å². The standard InChI is InChI=1S/C18H21N3/c1-13(2)11-18(14-7-4-3-5-8-14)20-16-9-6-10-17-15(16)12-19-21-17/h3-10,12-13,18,20H,11H2,1-2H3,(H,19,21). The molecule has 1 unspecified atom stereocenters. The number of nitrogens with zero attached hydrogens (tertiary/aromatic N) is 1. The Labute approximate surface area is 125 Å². The van der Waals surface area contributed by atoms with Crippen LogP contribution in [0.4, 0.5) is 5.69 Å². The van der Waals surface area contributed by atoms with Gasteiger partial charge in [0.2, 0.25) is 0 Å². The van der Waals surface area contributed by atoms with Gasteiger partial charge in [0.05, 0.1) is 17.8 Å². The second-order valence-electron chi connectivity index (χ2n) is 5.87. The van der Waals surface area contributed by atoms with E-state index in [1.54, 1.807) is 0 Å². The lowest BCUT2D eigenvalue weighted by molar-refractivity contribution is 0.531. The van der Waals surface area contributed by atoms with Crippen molar-refractivity contribution in [3.05, 3.63) is 60.3 Å². The van der Waals surface area contributed by atoms with Gasteiger partial charge in [-0.05, 0) is 30.0 Å². The number of benzene rings is 2. The Morgan fingerprint density at radius 3 is 2.62 bits per heavy atom. The van der Waals surface area contributed by atoms with Crippen molar-refractivity contribution in [1.82, 2.24) is 10.2 Å². The second-order valence-corrected chi connectivity index (χ2v) is 5.87. The van der Waals surface area contributed by atoms with E-state index in [0.29, 0.717) is 12.0 Å². The van der Waals surface area contributed by atoms with Crippen molar-refractivity contribution < 1.29 is 0 Å². The molecule has 2 N–H and O–H groups in total. The average molecular weight is 279 g/mol. The predicted molar refractivity (Wildman–Crippen MR) is 88.4 cm³/mol. The summed E-state index contributed by atoms with van der Waals surface area (Å²) in [5.74, 6) is 0.631. The Kier molecular flexibility index (Phi) is 3.91. The van der Waals surface area contributed by atoms with Crippen LogP contribution >= 0.6 is 0 Å². The van der Waals surface area contributed by atoms with Crippen molar-refractivity contribution in [3.63, 3.8) is 0 Å². The highest BCUT2D eigenvalue weighted by atomic mass is 15.1. The molecular formula is C18H21N3. The maximum Gasteiger partial charge on any atom is 0.0671 e. The van der Waals surface area contributed by atoms with Gasteiger partial charge in [-0.15, -0.1) is 0 Å². The number of nitrogens with one attached hydrogen (secondary N) is 2. The minimum atomic E-state index is 0.312. The summed E-state index contributed by atoms with van der Waals surface area (Å²) in [6, 6.07) is 17.2. The first-order valence-electron chi connectivity index (χ1n) is 7.47. The molecule has 1 atom stereocenters. The van der Waals surface area contributed by atoms with Crippen LogP contribution in [-0.4, -0.2) is 10.2 Å². The maximum absolute atomic E-state index is 4.14. The van der Waals surface area contributed by atoms with Crippen molar-refractivity contribution in [2.24, 2.45) is 5.92 Å². The van der Waals surface area contributed by atoms with Gasteiger partial charge in [0.15, 0.2) is 0 Å². The summed E-state index contributed by atoms with van der Waals surface area (Å²) in [7, 11) is 0. The van der Waals surface area contributed by atoms with E-state index in [-0.39, 0.29) is 0 Å². The molecule has 3 rings (SSSR count). The number of fused-ring (bicyclic) bond motifs is 1. The Hall–Kier alpha value is -2.29. The SMILES string of the molecule is CC(C)CC(Nc1cccc2[nH]ncc12)c1ccccc1. The fourth-order valence-electron chi connectivity index (χ4n) is 2.72. The normalized spacial score (nSPS) is 12.7. The second kappa shape index (κ2) is 6.00. The highest BCUT2D eigenvalue weighted by molar-refractivity contribution is 5.91.